The number of benzene rings is 1. The highest BCUT2D eigenvalue weighted by molar-refractivity contribution is 5.43. The average molecular weight is 296 g/mol. The first-order valence-corrected chi connectivity index (χ1v) is 9.67. The molecule has 120 valence electrons. The summed E-state index contributed by atoms with van der Waals surface area (Å²) in [4.78, 5) is 0. The molecule has 0 aliphatic heterocycles. The van der Waals surface area contributed by atoms with Crippen LogP contribution in [0.5, 0.6) is 0 Å². The lowest BCUT2D eigenvalue weighted by molar-refractivity contribution is -0.00346. The second-order valence-electron chi connectivity index (χ2n) is 9.12. The Morgan fingerprint density at radius 2 is 1.18 bits per heavy atom. The van der Waals surface area contributed by atoms with Gasteiger partial charge in [-0.2, -0.15) is 0 Å². The molecule has 0 saturated heterocycles. The zero-order valence-electron chi connectivity index (χ0n) is 14.8. The number of hydrogen-bond acceptors (Lipinski definition) is 0. The van der Waals surface area contributed by atoms with Crippen LogP contribution in [0.1, 0.15) is 94.2 Å². The van der Waals surface area contributed by atoms with Crippen LogP contribution in [0, 0.1) is 23.7 Å². The van der Waals surface area contributed by atoms with E-state index in [2.05, 4.69) is 45.9 Å². The Labute approximate surface area is 136 Å². The molecular weight excluding hydrogens is 264 g/mol. The van der Waals surface area contributed by atoms with Crippen LogP contribution in [0.2, 0.25) is 0 Å². The molecule has 0 atom stereocenters. The third-order valence-corrected chi connectivity index (χ3v) is 6.98. The largest absolute Gasteiger partial charge is 0.0617 e. The highest BCUT2D eigenvalue weighted by Crippen LogP contribution is 2.61. The summed E-state index contributed by atoms with van der Waals surface area (Å²) >= 11 is 0. The molecule has 4 aliphatic carbocycles. The maximum absolute atomic E-state index is 2.43. The first-order chi connectivity index (χ1) is 10.5. The van der Waals surface area contributed by atoms with Gasteiger partial charge in [-0.3, -0.25) is 0 Å². The Morgan fingerprint density at radius 1 is 0.727 bits per heavy atom. The average Bonchev–Trinajstić information content (AvgIpc) is 2.45. The van der Waals surface area contributed by atoms with Crippen molar-refractivity contribution in [2.75, 3.05) is 0 Å². The normalized spacial score (nSPS) is 36.5. The van der Waals surface area contributed by atoms with Crippen LogP contribution in [0.25, 0.3) is 0 Å². The van der Waals surface area contributed by atoms with Crippen molar-refractivity contribution in [2.24, 2.45) is 23.7 Å². The van der Waals surface area contributed by atoms with E-state index < -0.39 is 0 Å². The van der Waals surface area contributed by atoms with Crippen molar-refractivity contribution in [3.63, 3.8) is 0 Å². The zero-order chi connectivity index (χ0) is 15.4. The fourth-order valence-corrected chi connectivity index (χ4v) is 6.39. The van der Waals surface area contributed by atoms with E-state index in [0.717, 1.165) is 29.6 Å². The molecular formula is C22H32. The molecule has 0 nitrogen and oxygen atoms in total. The van der Waals surface area contributed by atoms with Gasteiger partial charge in [0.05, 0.1) is 0 Å². The molecule has 4 fully saturated rings. The quantitative estimate of drug-likeness (QED) is 0.599. The summed E-state index contributed by atoms with van der Waals surface area (Å²) in [6.45, 7) is 9.55. The Kier molecular flexibility index (Phi) is 3.62. The fourth-order valence-electron chi connectivity index (χ4n) is 6.39. The summed E-state index contributed by atoms with van der Waals surface area (Å²) < 4.78 is 0. The van der Waals surface area contributed by atoms with E-state index in [-0.39, 0.29) is 0 Å². The summed E-state index contributed by atoms with van der Waals surface area (Å²) in [6, 6.07) is 7.16. The van der Waals surface area contributed by atoms with Gasteiger partial charge in [0.1, 0.15) is 0 Å². The third kappa shape index (κ3) is 2.25. The standard InChI is InChI=1S/C22H32/c1-13(2)19-6-5-7-20(14(3)4)22(19)21-17-9-15-8-16(11-17)12-18(21)10-15/h5-7,13-18,21H,8-12H2,1-4H3. The molecule has 1 aromatic rings. The van der Waals surface area contributed by atoms with Gasteiger partial charge in [-0.1, -0.05) is 45.9 Å². The van der Waals surface area contributed by atoms with Gasteiger partial charge in [-0.25, -0.2) is 0 Å². The van der Waals surface area contributed by atoms with Crippen molar-refractivity contribution in [1.29, 1.82) is 0 Å². The molecule has 0 amide bonds. The van der Waals surface area contributed by atoms with Crippen LogP contribution in [0.15, 0.2) is 18.2 Å². The molecule has 4 aliphatic rings. The van der Waals surface area contributed by atoms with Crippen LogP contribution in [-0.4, -0.2) is 0 Å². The lowest BCUT2D eigenvalue weighted by Crippen LogP contribution is -2.44. The van der Waals surface area contributed by atoms with E-state index in [1.807, 2.05) is 0 Å². The summed E-state index contributed by atoms with van der Waals surface area (Å²) in [6.07, 6.45) is 7.68. The van der Waals surface area contributed by atoms with Crippen LogP contribution in [0.3, 0.4) is 0 Å². The molecule has 0 heteroatoms. The Balaban J connectivity index is 1.81. The highest BCUT2D eigenvalue weighted by atomic mass is 14.5. The topological polar surface area (TPSA) is 0 Å². The van der Waals surface area contributed by atoms with Crippen molar-refractivity contribution < 1.29 is 0 Å². The summed E-state index contributed by atoms with van der Waals surface area (Å²) in [5.74, 6) is 6.34. The second kappa shape index (κ2) is 5.39. The number of rotatable bonds is 3. The Morgan fingerprint density at radius 3 is 1.59 bits per heavy atom. The third-order valence-electron chi connectivity index (χ3n) is 6.98. The van der Waals surface area contributed by atoms with E-state index in [0.29, 0.717) is 11.8 Å². The van der Waals surface area contributed by atoms with E-state index in [9.17, 15) is 0 Å². The lowest BCUT2D eigenvalue weighted by atomic mass is 9.50. The van der Waals surface area contributed by atoms with Gasteiger partial charge in [0.15, 0.2) is 0 Å². The molecule has 0 heterocycles. The van der Waals surface area contributed by atoms with Gasteiger partial charge in [0, 0.05) is 0 Å². The smallest absolute Gasteiger partial charge is 0.00992 e. The first kappa shape index (κ1) is 14.8. The zero-order valence-corrected chi connectivity index (χ0v) is 14.8. The van der Waals surface area contributed by atoms with Crippen molar-refractivity contribution >= 4 is 0 Å². The molecule has 0 unspecified atom stereocenters. The van der Waals surface area contributed by atoms with Crippen LogP contribution < -0.4 is 0 Å². The molecule has 0 spiro atoms. The van der Waals surface area contributed by atoms with Crippen molar-refractivity contribution in [1.82, 2.24) is 0 Å². The van der Waals surface area contributed by atoms with Crippen molar-refractivity contribution in [2.45, 2.75) is 77.6 Å². The molecule has 0 N–H and O–H groups in total. The van der Waals surface area contributed by atoms with E-state index in [4.69, 9.17) is 0 Å². The molecule has 4 saturated carbocycles. The van der Waals surface area contributed by atoms with E-state index >= 15 is 0 Å². The summed E-state index contributed by atoms with van der Waals surface area (Å²) in [5, 5.41) is 0. The van der Waals surface area contributed by atoms with Gasteiger partial charge >= 0.3 is 0 Å². The number of hydrogen-bond donors (Lipinski definition) is 0. The molecule has 1 aromatic carbocycles. The van der Waals surface area contributed by atoms with Crippen molar-refractivity contribution in [3.05, 3.63) is 34.9 Å². The maximum atomic E-state index is 2.43. The minimum absolute atomic E-state index is 0.658. The molecule has 22 heavy (non-hydrogen) atoms. The minimum atomic E-state index is 0.658. The Hall–Kier alpha value is -0.780. The van der Waals surface area contributed by atoms with Gasteiger partial charge in [-0.05, 0) is 90.2 Å². The predicted molar refractivity (Wildman–Crippen MR) is 94.4 cm³/mol. The fraction of sp³-hybridized carbons (Fsp3) is 0.727. The second-order valence-corrected chi connectivity index (χ2v) is 9.12. The highest BCUT2D eigenvalue weighted by Gasteiger charge is 2.49. The SMILES string of the molecule is CC(C)c1cccc(C(C)C)c1C1C2CC3CC(C2)CC1C3. The van der Waals surface area contributed by atoms with Gasteiger partial charge in [0.25, 0.3) is 0 Å². The van der Waals surface area contributed by atoms with Gasteiger partial charge in [0.2, 0.25) is 0 Å². The van der Waals surface area contributed by atoms with Crippen molar-refractivity contribution in [3.8, 4) is 0 Å². The summed E-state index contributed by atoms with van der Waals surface area (Å²) in [5.41, 5.74) is 5.11. The maximum Gasteiger partial charge on any atom is -0.00992 e. The van der Waals surface area contributed by atoms with E-state index in [1.165, 1.54) is 25.7 Å². The molecule has 0 radical (unpaired) electrons. The van der Waals surface area contributed by atoms with Crippen LogP contribution in [0.4, 0.5) is 0 Å². The molecule has 4 bridgehead atoms. The Bertz CT molecular complexity index is 497. The monoisotopic (exact) mass is 296 g/mol. The molecule has 5 rings (SSSR count). The van der Waals surface area contributed by atoms with Gasteiger partial charge in [-0.15, -0.1) is 0 Å². The first-order valence-electron chi connectivity index (χ1n) is 9.67. The van der Waals surface area contributed by atoms with Gasteiger partial charge < -0.3 is 0 Å². The van der Waals surface area contributed by atoms with Crippen LogP contribution >= 0.6 is 0 Å². The predicted octanol–water partition coefficient (Wildman–Crippen LogP) is 6.47. The van der Waals surface area contributed by atoms with E-state index in [1.54, 1.807) is 23.1 Å². The lowest BCUT2D eigenvalue weighted by Gasteiger charge is -2.55. The molecule has 0 aromatic heterocycles. The van der Waals surface area contributed by atoms with Crippen LogP contribution in [-0.2, 0) is 0 Å². The minimum Gasteiger partial charge on any atom is -0.0617 e. The summed E-state index contributed by atoms with van der Waals surface area (Å²) in [7, 11) is 0.